The fraction of sp³-hybridized carbons (Fsp3) is 0.500. The molecular weight excluding hydrogens is 330 g/mol. The van der Waals surface area contributed by atoms with Crippen molar-refractivity contribution in [2.75, 3.05) is 18.9 Å². The third kappa shape index (κ3) is 4.89. The van der Waals surface area contributed by atoms with Gasteiger partial charge < -0.3 is 10.2 Å². The maximum atomic E-state index is 12.4. The first-order valence-corrected chi connectivity index (χ1v) is 10.0. The van der Waals surface area contributed by atoms with Crippen molar-refractivity contribution < 1.29 is 9.69 Å². The van der Waals surface area contributed by atoms with Crippen LogP contribution in [-0.4, -0.2) is 30.5 Å². The van der Waals surface area contributed by atoms with Crippen LogP contribution in [0.2, 0.25) is 0 Å². The molecule has 0 radical (unpaired) electrons. The normalized spacial score (nSPS) is 21.7. The lowest BCUT2D eigenvalue weighted by Crippen LogP contribution is -3.14. The van der Waals surface area contributed by atoms with Gasteiger partial charge in [-0.15, -0.1) is 11.3 Å². The first kappa shape index (κ1) is 18.1. The average molecular weight is 359 g/mol. The number of quaternary nitrogens is 1. The minimum Gasteiger partial charge on any atom is -0.327 e. The van der Waals surface area contributed by atoms with E-state index in [2.05, 4.69) is 29.7 Å². The summed E-state index contributed by atoms with van der Waals surface area (Å²) in [5, 5.41) is 6.16. The summed E-state index contributed by atoms with van der Waals surface area (Å²) < 4.78 is 0. The van der Waals surface area contributed by atoms with Crippen LogP contribution in [0.4, 0.5) is 5.69 Å². The Morgan fingerprint density at radius 1 is 1.32 bits per heavy atom. The molecule has 1 atom stereocenters. The number of thiazole rings is 1. The predicted molar refractivity (Wildman–Crippen MR) is 104 cm³/mol. The largest absolute Gasteiger partial charge is 0.327 e. The molecular formula is C20H28N3OS+. The number of anilines is 1. The quantitative estimate of drug-likeness (QED) is 0.862. The van der Waals surface area contributed by atoms with Crippen LogP contribution in [0.15, 0.2) is 29.6 Å². The molecule has 1 saturated carbocycles. The summed E-state index contributed by atoms with van der Waals surface area (Å²) in [5.74, 6) is 0.928. The van der Waals surface area contributed by atoms with Crippen molar-refractivity contribution in [3.63, 3.8) is 0 Å². The number of aromatic nitrogens is 1. The van der Waals surface area contributed by atoms with Crippen LogP contribution in [0, 0.1) is 12.8 Å². The smallest absolute Gasteiger partial charge is 0.279 e. The summed E-state index contributed by atoms with van der Waals surface area (Å²) in [4.78, 5) is 18.3. The van der Waals surface area contributed by atoms with Crippen LogP contribution in [0.1, 0.15) is 37.6 Å². The number of likely N-dealkylation sites (N-methyl/N-ethyl adjacent to an activating group) is 1. The van der Waals surface area contributed by atoms with E-state index < -0.39 is 0 Å². The molecule has 0 aliphatic heterocycles. The summed E-state index contributed by atoms with van der Waals surface area (Å²) in [6.07, 6.45) is 5.05. The lowest BCUT2D eigenvalue weighted by atomic mass is 9.87. The highest BCUT2D eigenvalue weighted by Crippen LogP contribution is 2.24. The lowest BCUT2D eigenvalue weighted by Gasteiger charge is -2.30. The maximum absolute atomic E-state index is 12.4. The fourth-order valence-corrected chi connectivity index (χ4v) is 4.23. The van der Waals surface area contributed by atoms with E-state index in [1.165, 1.54) is 30.6 Å². The second-order valence-corrected chi connectivity index (χ2v) is 8.42. The Hall–Kier alpha value is -1.72. The van der Waals surface area contributed by atoms with E-state index >= 15 is 0 Å². The van der Waals surface area contributed by atoms with Gasteiger partial charge in [-0.05, 0) is 50.7 Å². The Balaban J connectivity index is 1.57. The number of carbonyl (C=O) groups is 1. The summed E-state index contributed by atoms with van der Waals surface area (Å²) in [6.45, 7) is 4.86. The number of amides is 1. The Morgan fingerprint density at radius 2 is 2.08 bits per heavy atom. The zero-order chi connectivity index (χ0) is 17.8. The van der Waals surface area contributed by atoms with E-state index in [9.17, 15) is 4.79 Å². The van der Waals surface area contributed by atoms with E-state index in [1.54, 1.807) is 11.3 Å². The molecule has 0 saturated heterocycles. The van der Waals surface area contributed by atoms with E-state index in [1.807, 2.05) is 31.2 Å². The number of hydrogen-bond donors (Lipinski definition) is 2. The molecule has 0 bridgehead atoms. The molecule has 1 aromatic carbocycles. The predicted octanol–water partition coefficient (Wildman–Crippen LogP) is 3.15. The van der Waals surface area contributed by atoms with Gasteiger partial charge in [0.1, 0.15) is 0 Å². The standard InChI is InChI=1S/C20H27N3OS/c1-14-7-9-18(10-8-14)23(3)12-20(24)22-17-6-4-5-16(11-17)19-13-25-15(2)21-19/h4-6,11,13-14,18H,7-10,12H2,1-3H3,(H,22,24)/p+1. The lowest BCUT2D eigenvalue weighted by molar-refractivity contribution is -0.899. The monoisotopic (exact) mass is 358 g/mol. The molecule has 1 unspecified atom stereocenters. The third-order valence-corrected chi connectivity index (χ3v) is 5.99. The topological polar surface area (TPSA) is 46.4 Å². The first-order valence-electron chi connectivity index (χ1n) is 9.16. The number of nitrogens with zero attached hydrogens (tertiary/aromatic N) is 1. The zero-order valence-corrected chi connectivity index (χ0v) is 16.2. The van der Waals surface area contributed by atoms with Crippen molar-refractivity contribution in [3.05, 3.63) is 34.7 Å². The van der Waals surface area contributed by atoms with Crippen molar-refractivity contribution in [1.82, 2.24) is 4.98 Å². The molecule has 134 valence electrons. The maximum Gasteiger partial charge on any atom is 0.279 e. The van der Waals surface area contributed by atoms with Crippen LogP contribution in [0.5, 0.6) is 0 Å². The highest BCUT2D eigenvalue weighted by atomic mass is 32.1. The van der Waals surface area contributed by atoms with Crippen molar-refractivity contribution in [1.29, 1.82) is 0 Å². The molecule has 0 spiro atoms. The minimum absolute atomic E-state index is 0.0859. The Labute approximate surface area is 154 Å². The van der Waals surface area contributed by atoms with Crippen molar-refractivity contribution in [2.45, 2.75) is 45.6 Å². The first-order chi connectivity index (χ1) is 12.0. The second-order valence-electron chi connectivity index (χ2n) is 7.36. The highest BCUT2D eigenvalue weighted by molar-refractivity contribution is 7.09. The van der Waals surface area contributed by atoms with Crippen LogP contribution in [0.25, 0.3) is 11.3 Å². The SMILES string of the molecule is Cc1nc(-c2cccc(NC(=O)C[NH+](C)C3CCC(C)CC3)c2)cs1. The van der Waals surface area contributed by atoms with Gasteiger partial charge in [0.15, 0.2) is 6.54 Å². The number of nitrogens with one attached hydrogen (secondary N) is 2. The molecule has 5 heteroatoms. The zero-order valence-electron chi connectivity index (χ0n) is 15.3. The van der Waals surface area contributed by atoms with Crippen LogP contribution in [-0.2, 0) is 4.79 Å². The molecule has 1 heterocycles. The van der Waals surface area contributed by atoms with E-state index in [4.69, 9.17) is 0 Å². The minimum atomic E-state index is 0.0859. The molecule has 2 N–H and O–H groups in total. The van der Waals surface area contributed by atoms with Crippen LogP contribution in [0.3, 0.4) is 0 Å². The van der Waals surface area contributed by atoms with E-state index in [0.717, 1.165) is 27.9 Å². The van der Waals surface area contributed by atoms with E-state index in [0.29, 0.717) is 12.6 Å². The molecule has 25 heavy (non-hydrogen) atoms. The van der Waals surface area contributed by atoms with Gasteiger partial charge in [-0.3, -0.25) is 4.79 Å². The van der Waals surface area contributed by atoms with Gasteiger partial charge in [-0.2, -0.15) is 0 Å². The molecule has 1 aromatic heterocycles. The molecule has 1 amide bonds. The van der Waals surface area contributed by atoms with E-state index in [-0.39, 0.29) is 5.91 Å². The average Bonchev–Trinajstić information content (AvgIpc) is 3.02. The van der Waals surface area contributed by atoms with Crippen LogP contribution < -0.4 is 10.2 Å². The molecule has 1 fully saturated rings. The van der Waals surface area contributed by atoms with Gasteiger partial charge in [-0.25, -0.2) is 4.98 Å². The number of benzene rings is 1. The van der Waals surface area contributed by atoms with Gasteiger partial charge >= 0.3 is 0 Å². The van der Waals surface area contributed by atoms with Gasteiger partial charge in [0.2, 0.25) is 0 Å². The Morgan fingerprint density at radius 3 is 2.76 bits per heavy atom. The van der Waals surface area contributed by atoms with Gasteiger partial charge in [0.25, 0.3) is 5.91 Å². The number of carbonyl (C=O) groups excluding carboxylic acids is 1. The van der Waals surface area contributed by atoms with Crippen molar-refractivity contribution in [2.24, 2.45) is 5.92 Å². The van der Waals surface area contributed by atoms with Gasteiger partial charge in [-0.1, -0.05) is 19.1 Å². The number of rotatable bonds is 5. The van der Waals surface area contributed by atoms with Crippen molar-refractivity contribution >= 4 is 22.9 Å². The summed E-state index contributed by atoms with van der Waals surface area (Å²) in [7, 11) is 2.15. The van der Waals surface area contributed by atoms with Gasteiger partial charge in [0.05, 0.1) is 23.8 Å². The molecule has 3 rings (SSSR count). The molecule has 1 aliphatic carbocycles. The molecule has 4 nitrogen and oxygen atoms in total. The van der Waals surface area contributed by atoms with Crippen LogP contribution >= 0.6 is 11.3 Å². The summed E-state index contributed by atoms with van der Waals surface area (Å²) in [5.41, 5.74) is 2.86. The van der Waals surface area contributed by atoms with Gasteiger partial charge in [0, 0.05) is 16.6 Å². The summed E-state index contributed by atoms with van der Waals surface area (Å²) >= 11 is 1.64. The third-order valence-electron chi connectivity index (χ3n) is 5.21. The molecule has 1 aliphatic rings. The second kappa shape index (κ2) is 8.11. The number of aryl methyl sites for hydroxylation is 1. The summed E-state index contributed by atoms with van der Waals surface area (Å²) in [6, 6.07) is 8.57. The molecule has 2 aromatic rings. The highest BCUT2D eigenvalue weighted by Gasteiger charge is 2.26. The fourth-order valence-electron chi connectivity index (χ4n) is 3.61. The Kier molecular flexibility index (Phi) is 5.86. The Bertz CT molecular complexity index is 719. The van der Waals surface area contributed by atoms with Crippen molar-refractivity contribution in [3.8, 4) is 11.3 Å². The number of hydrogen-bond acceptors (Lipinski definition) is 3.